The molecule has 10 heteroatoms. The topological polar surface area (TPSA) is 134 Å². The molecule has 0 amide bonds. The molecule has 1 saturated heterocycles. The molecule has 3 rings (SSSR count). The number of hydrogen-bond acceptors (Lipinski definition) is 9. The van der Waals surface area contributed by atoms with Gasteiger partial charge in [-0.1, -0.05) is 12.1 Å². The highest BCUT2D eigenvalue weighted by molar-refractivity contribution is 6.07. The molecule has 1 aromatic carbocycles. The largest absolute Gasteiger partial charge is 0.468 e. The summed E-state index contributed by atoms with van der Waals surface area (Å²) in [5.41, 5.74) is 1.07. The van der Waals surface area contributed by atoms with E-state index in [1.807, 2.05) is 0 Å². The van der Waals surface area contributed by atoms with Gasteiger partial charge in [-0.05, 0) is 25.8 Å². The molecular weight excluding hydrogens is 408 g/mol. The van der Waals surface area contributed by atoms with Crippen molar-refractivity contribution in [3.8, 4) is 0 Å². The van der Waals surface area contributed by atoms with Crippen molar-refractivity contribution in [2.75, 3.05) is 13.7 Å². The highest BCUT2D eigenvalue weighted by atomic mass is 16.6. The zero-order valence-electron chi connectivity index (χ0n) is 17.3. The Morgan fingerprint density at radius 1 is 1.32 bits per heavy atom. The molecule has 3 unspecified atom stereocenters. The van der Waals surface area contributed by atoms with Gasteiger partial charge in [-0.15, -0.1) is 0 Å². The Balaban J connectivity index is 2.00. The average molecular weight is 430 g/mol. The van der Waals surface area contributed by atoms with E-state index in [4.69, 9.17) is 14.2 Å². The molecular formula is C21H22N2O8. The van der Waals surface area contributed by atoms with E-state index < -0.39 is 34.8 Å². The molecule has 164 valence electrons. The molecule has 0 saturated carbocycles. The number of ether oxygens (including phenoxy) is 3. The third-order valence-corrected chi connectivity index (χ3v) is 5.31. The molecule has 0 bridgehead atoms. The Labute approximate surface area is 178 Å². The second kappa shape index (κ2) is 9.07. The smallest absolute Gasteiger partial charge is 0.336 e. The number of nitro benzene ring substituents is 1. The van der Waals surface area contributed by atoms with Crippen molar-refractivity contribution >= 4 is 29.3 Å². The SMILES string of the molecule is COC(=O)C1C(C)=NC(C)=C(C(=O)OCC2CCC(=O)O2)C1c1cccc([N+](=O)[O-])c1. The van der Waals surface area contributed by atoms with Gasteiger partial charge in [-0.3, -0.25) is 24.7 Å². The summed E-state index contributed by atoms with van der Waals surface area (Å²) in [6.07, 6.45) is 0.174. The highest BCUT2D eigenvalue weighted by Gasteiger charge is 2.43. The number of esters is 3. The van der Waals surface area contributed by atoms with Gasteiger partial charge < -0.3 is 14.2 Å². The van der Waals surface area contributed by atoms with Crippen LogP contribution in [0.5, 0.6) is 0 Å². The van der Waals surface area contributed by atoms with Gasteiger partial charge in [0.2, 0.25) is 0 Å². The van der Waals surface area contributed by atoms with Crippen LogP contribution in [0.4, 0.5) is 5.69 Å². The molecule has 3 atom stereocenters. The molecule has 2 heterocycles. The lowest BCUT2D eigenvalue weighted by Gasteiger charge is -2.31. The van der Waals surface area contributed by atoms with E-state index in [1.165, 1.54) is 25.3 Å². The van der Waals surface area contributed by atoms with Crippen molar-refractivity contribution in [1.82, 2.24) is 0 Å². The van der Waals surface area contributed by atoms with Gasteiger partial charge in [-0.2, -0.15) is 0 Å². The van der Waals surface area contributed by atoms with Crippen LogP contribution < -0.4 is 0 Å². The molecule has 2 aliphatic rings. The number of methoxy groups -OCH3 is 1. The maximum absolute atomic E-state index is 13.0. The molecule has 0 radical (unpaired) electrons. The van der Waals surface area contributed by atoms with E-state index in [0.29, 0.717) is 23.4 Å². The lowest BCUT2D eigenvalue weighted by atomic mass is 9.75. The van der Waals surface area contributed by atoms with E-state index >= 15 is 0 Å². The number of aliphatic imine (C=N–C) groups is 1. The zero-order chi connectivity index (χ0) is 22.7. The summed E-state index contributed by atoms with van der Waals surface area (Å²) < 4.78 is 15.4. The average Bonchev–Trinajstić information content (AvgIpc) is 3.16. The molecule has 10 nitrogen and oxygen atoms in total. The second-order valence-corrected chi connectivity index (χ2v) is 7.33. The van der Waals surface area contributed by atoms with Crippen LogP contribution in [-0.4, -0.2) is 48.4 Å². The van der Waals surface area contributed by atoms with Gasteiger partial charge in [-0.25, -0.2) is 4.79 Å². The summed E-state index contributed by atoms with van der Waals surface area (Å²) in [4.78, 5) is 51.9. The van der Waals surface area contributed by atoms with E-state index in [2.05, 4.69) is 4.99 Å². The van der Waals surface area contributed by atoms with E-state index in [-0.39, 0.29) is 30.3 Å². The monoisotopic (exact) mass is 430 g/mol. The van der Waals surface area contributed by atoms with Gasteiger partial charge in [0.05, 0.1) is 17.6 Å². The minimum Gasteiger partial charge on any atom is -0.468 e. The number of nitro groups is 1. The van der Waals surface area contributed by atoms with Gasteiger partial charge >= 0.3 is 17.9 Å². The minimum atomic E-state index is -0.956. The van der Waals surface area contributed by atoms with Crippen LogP contribution in [0, 0.1) is 16.0 Å². The Hall–Kier alpha value is -3.56. The van der Waals surface area contributed by atoms with Crippen LogP contribution in [0.25, 0.3) is 0 Å². The number of cyclic esters (lactones) is 1. The third-order valence-electron chi connectivity index (χ3n) is 5.31. The Bertz CT molecular complexity index is 997. The number of nitrogens with zero attached hydrogens (tertiary/aromatic N) is 2. The first kappa shape index (κ1) is 22.1. The Morgan fingerprint density at radius 2 is 2.06 bits per heavy atom. The summed E-state index contributed by atoms with van der Waals surface area (Å²) in [5, 5.41) is 11.3. The summed E-state index contributed by atoms with van der Waals surface area (Å²) in [5.74, 6) is -3.55. The summed E-state index contributed by atoms with van der Waals surface area (Å²) in [7, 11) is 1.22. The van der Waals surface area contributed by atoms with E-state index in [0.717, 1.165) is 0 Å². The Morgan fingerprint density at radius 3 is 2.68 bits per heavy atom. The first-order valence-corrected chi connectivity index (χ1v) is 9.67. The number of non-ortho nitro benzene ring substituents is 1. The van der Waals surface area contributed by atoms with Crippen LogP contribution >= 0.6 is 0 Å². The maximum atomic E-state index is 13.0. The fraction of sp³-hybridized carbons (Fsp3) is 0.429. The lowest BCUT2D eigenvalue weighted by molar-refractivity contribution is -0.384. The molecule has 0 spiro atoms. The first-order chi connectivity index (χ1) is 14.7. The van der Waals surface area contributed by atoms with Crippen molar-refractivity contribution in [2.24, 2.45) is 10.9 Å². The van der Waals surface area contributed by atoms with Gasteiger partial charge in [0.15, 0.2) is 0 Å². The number of benzene rings is 1. The second-order valence-electron chi connectivity index (χ2n) is 7.33. The lowest BCUT2D eigenvalue weighted by Crippen LogP contribution is -2.36. The third kappa shape index (κ3) is 4.62. The standard InChI is InChI=1S/C21H22N2O8/c1-11-17(20(25)29-3)19(13-5-4-6-14(9-13)23(27)28)18(12(2)22-11)21(26)30-10-15-7-8-16(24)31-15/h4-6,9,15,17,19H,7-8,10H2,1-3H3. The first-order valence-electron chi connectivity index (χ1n) is 9.67. The molecule has 1 fully saturated rings. The van der Waals surface area contributed by atoms with Crippen molar-refractivity contribution in [2.45, 2.75) is 38.7 Å². The molecule has 0 aromatic heterocycles. The fourth-order valence-corrected chi connectivity index (χ4v) is 3.87. The molecule has 0 N–H and O–H groups in total. The predicted molar refractivity (Wildman–Crippen MR) is 107 cm³/mol. The fourth-order valence-electron chi connectivity index (χ4n) is 3.87. The Kier molecular flexibility index (Phi) is 6.47. The predicted octanol–water partition coefficient (Wildman–Crippen LogP) is 2.46. The summed E-state index contributed by atoms with van der Waals surface area (Å²) in [6, 6.07) is 5.73. The van der Waals surface area contributed by atoms with E-state index in [9.17, 15) is 24.5 Å². The normalized spacial score (nSPS) is 23.1. The van der Waals surface area contributed by atoms with Crippen molar-refractivity contribution < 1.29 is 33.5 Å². The van der Waals surface area contributed by atoms with Gasteiger partial charge in [0.25, 0.3) is 5.69 Å². The minimum absolute atomic E-state index is 0.103. The summed E-state index contributed by atoms with van der Waals surface area (Å²) >= 11 is 0. The van der Waals surface area contributed by atoms with Crippen LogP contribution in [0.2, 0.25) is 0 Å². The molecule has 0 aliphatic carbocycles. The number of allylic oxidation sites excluding steroid dienone is 1. The number of hydrogen-bond donors (Lipinski definition) is 0. The van der Waals surface area contributed by atoms with Crippen molar-refractivity contribution in [3.05, 3.63) is 51.2 Å². The van der Waals surface area contributed by atoms with Gasteiger partial charge in [0, 0.05) is 35.9 Å². The molecule has 1 aromatic rings. The van der Waals surface area contributed by atoms with Gasteiger partial charge in [0.1, 0.15) is 18.6 Å². The number of carbonyl (C=O) groups is 3. The van der Waals surface area contributed by atoms with Crippen molar-refractivity contribution in [3.63, 3.8) is 0 Å². The number of carbonyl (C=O) groups excluding carboxylic acids is 3. The highest BCUT2D eigenvalue weighted by Crippen LogP contribution is 2.41. The number of rotatable bonds is 6. The van der Waals surface area contributed by atoms with Crippen LogP contribution in [0.3, 0.4) is 0 Å². The zero-order valence-corrected chi connectivity index (χ0v) is 17.3. The van der Waals surface area contributed by atoms with Crippen LogP contribution in [-0.2, 0) is 28.6 Å². The molecule has 2 aliphatic heterocycles. The van der Waals surface area contributed by atoms with E-state index in [1.54, 1.807) is 19.9 Å². The molecule has 31 heavy (non-hydrogen) atoms. The van der Waals surface area contributed by atoms with Crippen molar-refractivity contribution in [1.29, 1.82) is 0 Å². The van der Waals surface area contributed by atoms with Crippen LogP contribution in [0.15, 0.2) is 40.5 Å². The maximum Gasteiger partial charge on any atom is 0.336 e. The van der Waals surface area contributed by atoms with Crippen LogP contribution in [0.1, 0.15) is 38.2 Å². The summed E-state index contributed by atoms with van der Waals surface area (Å²) in [6.45, 7) is 3.11. The quantitative estimate of drug-likeness (QED) is 0.291.